The van der Waals surface area contributed by atoms with Crippen molar-refractivity contribution >= 4 is 17.5 Å². The zero-order chi connectivity index (χ0) is 21.8. The third-order valence-corrected chi connectivity index (χ3v) is 4.71. The van der Waals surface area contributed by atoms with Crippen molar-refractivity contribution < 1.29 is 18.8 Å². The van der Waals surface area contributed by atoms with Gasteiger partial charge >= 0.3 is 5.69 Å². The number of allylic oxidation sites excluding steroid dienone is 1. The number of nitrogens with zero attached hydrogens (tertiary/aromatic N) is 3. The van der Waals surface area contributed by atoms with Gasteiger partial charge < -0.3 is 4.74 Å². The van der Waals surface area contributed by atoms with Gasteiger partial charge in [0.05, 0.1) is 18.6 Å². The first-order valence-electron chi connectivity index (χ1n) is 9.13. The molecule has 0 aliphatic carbocycles. The number of halogens is 1. The SMILES string of the molecule is COc1ccc(/C=C/C(=O)c2ccc(F)cc2)cc1Cn1nc(C)c([N+](=O)[O-])c1C. The van der Waals surface area contributed by atoms with Crippen LogP contribution in [0.3, 0.4) is 0 Å². The Morgan fingerprint density at radius 2 is 1.93 bits per heavy atom. The first-order chi connectivity index (χ1) is 14.3. The minimum Gasteiger partial charge on any atom is -0.496 e. The average molecular weight is 409 g/mol. The van der Waals surface area contributed by atoms with Gasteiger partial charge in [-0.2, -0.15) is 5.10 Å². The molecular weight excluding hydrogens is 389 g/mol. The highest BCUT2D eigenvalue weighted by molar-refractivity contribution is 6.06. The largest absolute Gasteiger partial charge is 0.496 e. The number of hydrogen-bond donors (Lipinski definition) is 0. The van der Waals surface area contributed by atoms with Crippen molar-refractivity contribution in [2.24, 2.45) is 0 Å². The molecule has 0 atom stereocenters. The molecule has 0 saturated heterocycles. The van der Waals surface area contributed by atoms with E-state index in [0.717, 1.165) is 11.1 Å². The van der Waals surface area contributed by atoms with Crippen molar-refractivity contribution in [3.8, 4) is 5.75 Å². The molecule has 3 rings (SSSR count). The summed E-state index contributed by atoms with van der Waals surface area (Å²) in [5.41, 5.74) is 2.68. The lowest BCUT2D eigenvalue weighted by Crippen LogP contribution is -2.06. The number of methoxy groups -OCH3 is 1. The third kappa shape index (κ3) is 4.43. The average Bonchev–Trinajstić information content (AvgIpc) is 3.00. The lowest BCUT2D eigenvalue weighted by Gasteiger charge is -2.10. The standard InChI is InChI=1S/C22H20FN3O4/c1-14-22(26(28)29)15(2)25(24-14)13-18-12-16(5-11-21(18)30-3)4-10-20(27)17-6-8-19(23)9-7-17/h4-12H,13H2,1-3H3/b10-4+. The van der Waals surface area contributed by atoms with Crippen LogP contribution in [0.25, 0.3) is 6.08 Å². The van der Waals surface area contributed by atoms with E-state index in [1.54, 1.807) is 36.7 Å². The van der Waals surface area contributed by atoms with Crippen molar-refractivity contribution in [2.45, 2.75) is 20.4 Å². The number of aryl methyl sites for hydroxylation is 1. The molecule has 154 valence electrons. The number of nitro groups is 1. The Labute approximate surface area is 172 Å². The Morgan fingerprint density at radius 3 is 2.53 bits per heavy atom. The van der Waals surface area contributed by atoms with Gasteiger partial charge in [-0.3, -0.25) is 19.6 Å². The van der Waals surface area contributed by atoms with E-state index >= 15 is 0 Å². The van der Waals surface area contributed by atoms with Gasteiger partial charge in [-0.25, -0.2) is 4.39 Å². The van der Waals surface area contributed by atoms with Gasteiger partial charge in [-0.1, -0.05) is 12.1 Å². The van der Waals surface area contributed by atoms with Gasteiger partial charge in [-0.05, 0) is 61.9 Å². The van der Waals surface area contributed by atoms with Crippen LogP contribution in [0.5, 0.6) is 5.75 Å². The summed E-state index contributed by atoms with van der Waals surface area (Å²) in [7, 11) is 1.54. The van der Waals surface area contributed by atoms with Gasteiger partial charge in [0.15, 0.2) is 5.78 Å². The van der Waals surface area contributed by atoms with Crippen molar-refractivity contribution in [1.82, 2.24) is 9.78 Å². The lowest BCUT2D eigenvalue weighted by atomic mass is 10.1. The molecule has 0 aliphatic rings. The summed E-state index contributed by atoms with van der Waals surface area (Å²) in [6.45, 7) is 3.52. The molecule has 0 bridgehead atoms. The van der Waals surface area contributed by atoms with E-state index in [0.29, 0.717) is 22.7 Å². The highest BCUT2D eigenvalue weighted by atomic mass is 19.1. The maximum absolute atomic E-state index is 13.0. The molecule has 1 heterocycles. The van der Waals surface area contributed by atoms with Crippen molar-refractivity contribution in [3.63, 3.8) is 0 Å². The lowest BCUT2D eigenvalue weighted by molar-refractivity contribution is -0.386. The van der Waals surface area contributed by atoms with Gasteiger partial charge in [0.25, 0.3) is 0 Å². The van der Waals surface area contributed by atoms with E-state index in [4.69, 9.17) is 4.74 Å². The van der Waals surface area contributed by atoms with E-state index < -0.39 is 10.7 Å². The molecule has 30 heavy (non-hydrogen) atoms. The highest BCUT2D eigenvalue weighted by Gasteiger charge is 2.22. The summed E-state index contributed by atoms with van der Waals surface area (Å²) in [6.07, 6.45) is 3.06. The van der Waals surface area contributed by atoms with Crippen LogP contribution in [0.15, 0.2) is 48.5 Å². The number of hydrogen-bond acceptors (Lipinski definition) is 5. The fourth-order valence-electron chi connectivity index (χ4n) is 3.18. The fraction of sp³-hybridized carbons (Fsp3) is 0.182. The highest BCUT2D eigenvalue weighted by Crippen LogP contribution is 2.26. The molecule has 8 heteroatoms. The first kappa shape index (κ1) is 20.9. The predicted octanol–water partition coefficient (Wildman–Crippen LogP) is 4.50. The van der Waals surface area contributed by atoms with Crippen molar-refractivity contribution in [3.05, 3.63) is 92.6 Å². The molecule has 1 aromatic heterocycles. The molecule has 3 aromatic rings. The smallest absolute Gasteiger partial charge is 0.312 e. The van der Waals surface area contributed by atoms with Crippen LogP contribution in [-0.4, -0.2) is 27.6 Å². The molecular formula is C22H20FN3O4. The van der Waals surface area contributed by atoms with Crippen molar-refractivity contribution in [2.75, 3.05) is 7.11 Å². The summed E-state index contributed by atoms with van der Waals surface area (Å²) in [5.74, 6) is -0.0477. The van der Waals surface area contributed by atoms with E-state index in [2.05, 4.69) is 5.10 Å². The van der Waals surface area contributed by atoms with Gasteiger partial charge in [0, 0.05) is 11.1 Å². The van der Waals surface area contributed by atoms with Crippen LogP contribution < -0.4 is 4.74 Å². The van der Waals surface area contributed by atoms with E-state index in [9.17, 15) is 19.3 Å². The van der Waals surface area contributed by atoms with Crippen LogP contribution in [0.1, 0.15) is 32.9 Å². The summed E-state index contributed by atoms with van der Waals surface area (Å²) in [5, 5.41) is 15.5. The Hall–Kier alpha value is -3.81. The maximum Gasteiger partial charge on any atom is 0.312 e. The van der Waals surface area contributed by atoms with Crippen LogP contribution in [0.4, 0.5) is 10.1 Å². The minimum absolute atomic E-state index is 0.00471. The van der Waals surface area contributed by atoms with Crippen LogP contribution in [0, 0.1) is 29.8 Å². The topological polar surface area (TPSA) is 87.3 Å². The monoisotopic (exact) mass is 409 g/mol. The number of benzene rings is 2. The molecule has 0 aliphatic heterocycles. The molecule has 0 spiro atoms. The summed E-state index contributed by atoms with van der Waals surface area (Å²) < 4.78 is 20.0. The quantitative estimate of drug-likeness (QED) is 0.248. The van der Waals surface area contributed by atoms with E-state index in [-0.39, 0.29) is 18.0 Å². The molecule has 0 amide bonds. The summed E-state index contributed by atoms with van der Waals surface area (Å²) >= 11 is 0. The van der Waals surface area contributed by atoms with E-state index in [1.165, 1.54) is 37.5 Å². The zero-order valence-electron chi connectivity index (χ0n) is 16.8. The summed E-state index contributed by atoms with van der Waals surface area (Å²) in [4.78, 5) is 23.1. The second-order valence-electron chi connectivity index (χ2n) is 6.71. The number of ether oxygens (including phenoxy) is 1. The number of aromatic nitrogens is 2. The van der Waals surface area contributed by atoms with Gasteiger partial charge in [0.1, 0.15) is 23.0 Å². The fourth-order valence-corrected chi connectivity index (χ4v) is 3.18. The number of ketones is 1. The van der Waals surface area contributed by atoms with Crippen LogP contribution in [-0.2, 0) is 6.54 Å². The van der Waals surface area contributed by atoms with E-state index in [1.807, 2.05) is 6.07 Å². The number of carbonyl (C=O) groups is 1. The van der Waals surface area contributed by atoms with Gasteiger partial charge in [0.2, 0.25) is 0 Å². The van der Waals surface area contributed by atoms with Crippen LogP contribution in [0.2, 0.25) is 0 Å². The Morgan fingerprint density at radius 1 is 1.23 bits per heavy atom. The van der Waals surface area contributed by atoms with Crippen LogP contribution >= 0.6 is 0 Å². The van der Waals surface area contributed by atoms with Gasteiger partial charge in [-0.15, -0.1) is 0 Å². The number of carbonyl (C=O) groups excluding carboxylic acids is 1. The molecule has 2 aromatic carbocycles. The molecule has 7 nitrogen and oxygen atoms in total. The second kappa shape index (κ2) is 8.69. The zero-order valence-corrected chi connectivity index (χ0v) is 16.8. The molecule has 0 fully saturated rings. The third-order valence-electron chi connectivity index (χ3n) is 4.71. The number of rotatable bonds is 7. The maximum atomic E-state index is 13.0. The van der Waals surface area contributed by atoms with Crippen molar-refractivity contribution in [1.29, 1.82) is 0 Å². The second-order valence-corrected chi connectivity index (χ2v) is 6.71. The predicted molar refractivity (Wildman–Crippen MR) is 110 cm³/mol. The summed E-state index contributed by atoms with van der Waals surface area (Å²) in [6, 6.07) is 10.7. The molecule has 0 unspecified atom stereocenters. The first-order valence-corrected chi connectivity index (χ1v) is 9.13. The molecule has 0 radical (unpaired) electrons. The Balaban J connectivity index is 1.87. The Kier molecular flexibility index (Phi) is 6.06. The normalized spacial score (nSPS) is 11.1. The minimum atomic E-state index is -0.439. The molecule has 0 N–H and O–H groups in total. The Bertz CT molecular complexity index is 1130. The molecule has 0 saturated carbocycles.